The highest BCUT2D eigenvalue weighted by Crippen LogP contribution is 2.41. The van der Waals surface area contributed by atoms with Gasteiger partial charge in [0.15, 0.2) is 0 Å². The van der Waals surface area contributed by atoms with Crippen LogP contribution in [-0.2, 0) is 6.42 Å². The molecule has 0 nitrogen and oxygen atoms in total. The van der Waals surface area contributed by atoms with E-state index < -0.39 is 0 Å². The summed E-state index contributed by atoms with van der Waals surface area (Å²) in [5.41, 5.74) is 3.20. The lowest BCUT2D eigenvalue weighted by atomic mass is 9.94. The highest BCUT2D eigenvalue weighted by molar-refractivity contribution is 5.26. The zero-order valence-corrected chi connectivity index (χ0v) is 9.60. The molecule has 2 unspecified atom stereocenters. The molecule has 0 bridgehead atoms. The largest absolute Gasteiger partial charge is 0.0839 e. The zero-order valence-electron chi connectivity index (χ0n) is 9.60. The van der Waals surface area contributed by atoms with E-state index in [2.05, 4.69) is 48.6 Å². The van der Waals surface area contributed by atoms with Crippen molar-refractivity contribution in [1.82, 2.24) is 0 Å². The summed E-state index contributed by atoms with van der Waals surface area (Å²) < 4.78 is 0. The van der Waals surface area contributed by atoms with Crippen molar-refractivity contribution in [2.45, 2.75) is 25.7 Å². The summed E-state index contributed by atoms with van der Waals surface area (Å²) in [7, 11) is 0. The molecule has 1 saturated carbocycles. The third kappa shape index (κ3) is 1.97. The topological polar surface area (TPSA) is 0 Å². The molecule has 0 spiro atoms. The molecule has 0 aromatic heterocycles. The van der Waals surface area contributed by atoms with Crippen molar-refractivity contribution in [2.24, 2.45) is 11.8 Å². The lowest BCUT2D eigenvalue weighted by Crippen LogP contribution is -2.00. The van der Waals surface area contributed by atoms with Crippen molar-refractivity contribution in [3.63, 3.8) is 0 Å². The van der Waals surface area contributed by atoms with Crippen molar-refractivity contribution in [2.75, 3.05) is 0 Å². The third-order valence-electron chi connectivity index (χ3n) is 3.90. The third-order valence-corrected chi connectivity index (χ3v) is 3.90. The fourth-order valence-corrected chi connectivity index (χ4v) is 3.13. The number of allylic oxidation sites excluding steroid dienone is 4. The second-order valence-corrected chi connectivity index (χ2v) is 5.10. The molecule has 0 amide bonds. The molecular formula is C16H18. The smallest absolute Gasteiger partial charge is 0.0162 e. The first-order valence-corrected chi connectivity index (χ1v) is 6.31. The Balaban J connectivity index is 1.67. The average Bonchev–Trinajstić information content (AvgIpc) is 2.72. The molecule has 2 atom stereocenters. The standard InChI is InChI=1S/C16H18/c1-2-6-13(7-3-1)10-14-11-15-8-4-5-9-16(15)12-14/h1-8,14,16H,9-12H2. The second kappa shape index (κ2) is 4.29. The molecule has 0 aliphatic heterocycles. The summed E-state index contributed by atoms with van der Waals surface area (Å²) in [5.74, 6) is 1.73. The van der Waals surface area contributed by atoms with Gasteiger partial charge in [0.25, 0.3) is 0 Å². The molecule has 0 heterocycles. The van der Waals surface area contributed by atoms with Crippen LogP contribution in [0.15, 0.2) is 54.1 Å². The van der Waals surface area contributed by atoms with E-state index in [4.69, 9.17) is 0 Å². The van der Waals surface area contributed by atoms with Crippen LogP contribution in [0.25, 0.3) is 0 Å². The van der Waals surface area contributed by atoms with Crippen LogP contribution in [0.5, 0.6) is 0 Å². The van der Waals surface area contributed by atoms with Crippen LogP contribution in [0.2, 0.25) is 0 Å². The Kier molecular flexibility index (Phi) is 2.65. The van der Waals surface area contributed by atoms with Gasteiger partial charge in [-0.2, -0.15) is 0 Å². The van der Waals surface area contributed by atoms with Gasteiger partial charge in [0.2, 0.25) is 0 Å². The molecule has 1 aromatic rings. The molecule has 16 heavy (non-hydrogen) atoms. The predicted octanol–water partition coefficient (Wildman–Crippen LogP) is 4.14. The normalized spacial score (nSPS) is 27.6. The van der Waals surface area contributed by atoms with E-state index in [1.165, 1.54) is 31.2 Å². The number of rotatable bonds is 2. The summed E-state index contributed by atoms with van der Waals surface area (Å²) in [5, 5.41) is 0. The maximum Gasteiger partial charge on any atom is -0.0162 e. The van der Waals surface area contributed by atoms with Crippen LogP contribution >= 0.6 is 0 Å². The van der Waals surface area contributed by atoms with Crippen molar-refractivity contribution in [3.8, 4) is 0 Å². The summed E-state index contributed by atoms with van der Waals surface area (Å²) >= 11 is 0. The van der Waals surface area contributed by atoms with Gasteiger partial charge in [-0.25, -0.2) is 0 Å². The predicted molar refractivity (Wildman–Crippen MR) is 68.2 cm³/mol. The van der Waals surface area contributed by atoms with Gasteiger partial charge in [-0.15, -0.1) is 0 Å². The van der Waals surface area contributed by atoms with Gasteiger partial charge in [-0.05, 0) is 43.1 Å². The summed E-state index contributed by atoms with van der Waals surface area (Å²) in [6.07, 6.45) is 12.1. The minimum absolute atomic E-state index is 0.860. The quantitative estimate of drug-likeness (QED) is 0.688. The highest BCUT2D eigenvalue weighted by atomic mass is 14.3. The van der Waals surface area contributed by atoms with Crippen LogP contribution in [-0.4, -0.2) is 0 Å². The molecule has 1 fully saturated rings. The molecule has 2 aliphatic rings. The zero-order chi connectivity index (χ0) is 10.8. The molecule has 0 heteroatoms. The Morgan fingerprint density at radius 3 is 2.81 bits per heavy atom. The van der Waals surface area contributed by atoms with E-state index >= 15 is 0 Å². The monoisotopic (exact) mass is 210 g/mol. The first-order chi connectivity index (χ1) is 7.92. The van der Waals surface area contributed by atoms with Gasteiger partial charge in [-0.1, -0.05) is 54.1 Å². The average molecular weight is 210 g/mol. The van der Waals surface area contributed by atoms with E-state index in [1.54, 1.807) is 5.57 Å². The fraction of sp³-hybridized carbons (Fsp3) is 0.375. The lowest BCUT2D eigenvalue weighted by Gasteiger charge is -2.11. The van der Waals surface area contributed by atoms with Crippen LogP contribution in [0, 0.1) is 11.8 Å². The van der Waals surface area contributed by atoms with Crippen molar-refractivity contribution in [3.05, 3.63) is 59.7 Å². The second-order valence-electron chi connectivity index (χ2n) is 5.10. The van der Waals surface area contributed by atoms with Crippen molar-refractivity contribution in [1.29, 1.82) is 0 Å². The number of hydrogen-bond acceptors (Lipinski definition) is 0. The molecule has 1 aromatic carbocycles. The summed E-state index contributed by atoms with van der Waals surface area (Å²) in [6.45, 7) is 0. The molecular weight excluding hydrogens is 192 g/mol. The first kappa shape index (κ1) is 9.89. The fourth-order valence-electron chi connectivity index (χ4n) is 3.13. The molecule has 2 aliphatic carbocycles. The summed E-state index contributed by atoms with van der Waals surface area (Å²) in [4.78, 5) is 0. The number of benzene rings is 1. The van der Waals surface area contributed by atoms with Gasteiger partial charge in [-0.3, -0.25) is 0 Å². The molecule has 0 radical (unpaired) electrons. The Morgan fingerprint density at radius 1 is 1.12 bits per heavy atom. The van der Waals surface area contributed by atoms with E-state index in [9.17, 15) is 0 Å². The Labute approximate surface area is 97.7 Å². The Morgan fingerprint density at radius 2 is 2.00 bits per heavy atom. The lowest BCUT2D eigenvalue weighted by molar-refractivity contribution is 0.498. The minimum Gasteiger partial charge on any atom is -0.0839 e. The Hall–Kier alpha value is -1.30. The number of fused-ring (bicyclic) bond motifs is 1. The van der Waals surface area contributed by atoms with E-state index in [-0.39, 0.29) is 0 Å². The van der Waals surface area contributed by atoms with Crippen LogP contribution in [0.4, 0.5) is 0 Å². The molecule has 82 valence electrons. The van der Waals surface area contributed by atoms with Gasteiger partial charge >= 0.3 is 0 Å². The van der Waals surface area contributed by atoms with Gasteiger partial charge < -0.3 is 0 Å². The maximum atomic E-state index is 2.35. The van der Waals surface area contributed by atoms with E-state index in [1.807, 2.05) is 0 Å². The van der Waals surface area contributed by atoms with E-state index in [0.717, 1.165) is 11.8 Å². The number of hydrogen-bond donors (Lipinski definition) is 0. The SMILES string of the molecule is C1=CCC2CC(Cc3ccccc3)CC2=C1. The summed E-state index contributed by atoms with van der Waals surface area (Å²) in [6, 6.07) is 10.9. The van der Waals surface area contributed by atoms with E-state index in [0.29, 0.717) is 0 Å². The molecule has 0 N–H and O–H groups in total. The van der Waals surface area contributed by atoms with Crippen LogP contribution in [0.3, 0.4) is 0 Å². The highest BCUT2D eigenvalue weighted by Gasteiger charge is 2.28. The van der Waals surface area contributed by atoms with Gasteiger partial charge in [0.1, 0.15) is 0 Å². The van der Waals surface area contributed by atoms with Crippen LogP contribution < -0.4 is 0 Å². The van der Waals surface area contributed by atoms with Gasteiger partial charge in [0, 0.05) is 0 Å². The minimum atomic E-state index is 0.860. The van der Waals surface area contributed by atoms with Crippen molar-refractivity contribution >= 4 is 0 Å². The Bertz CT molecular complexity index is 411. The van der Waals surface area contributed by atoms with Crippen molar-refractivity contribution < 1.29 is 0 Å². The molecule has 3 rings (SSSR count). The van der Waals surface area contributed by atoms with Gasteiger partial charge in [0.05, 0.1) is 0 Å². The maximum absolute atomic E-state index is 2.35. The molecule has 0 saturated heterocycles. The first-order valence-electron chi connectivity index (χ1n) is 6.31. The van der Waals surface area contributed by atoms with Crippen LogP contribution in [0.1, 0.15) is 24.8 Å².